The monoisotopic (exact) mass is 390 g/mol. The van der Waals surface area contributed by atoms with Gasteiger partial charge in [0.1, 0.15) is 11.9 Å². The van der Waals surface area contributed by atoms with E-state index in [9.17, 15) is 9.18 Å². The van der Waals surface area contributed by atoms with E-state index in [-0.39, 0.29) is 17.8 Å². The van der Waals surface area contributed by atoms with Crippen molar-refractivity contribution >= 4 is 21.8 Å². The first kappa shape index (κ1) is 17.1. The molecular formula is C19H20BrFN2O. The van der Waals surface area contributed by atoms with Crippen molar-refractivity contribution in [3.63, 3.8) is 0 Å². The van der Waals surface area contributed by atoms with E-state index in [1.807, 2.05) is 36.2 Å². The van der Waals surface area contributed by atoms with Crippen molar-refractivity contribution in [1.29, 1.82) is 0 Å². The van der Waals surface area contributed by atoms with Crippen molar-refractivity contribution in [1.82, 2.24) is 10.2 Å². The van der Waals surface area contributed by atoms with Gasteiger partial charge in [-0.3, -0.25) is 9.69 Å². The van der Waals surface area contributed by atoms with E-state index in [2.05, 4.69) is 21.2 Å². The molecule has 1 atom stereocenters. The van der Waals surface area contributed by atoms with Gasteiger partial charge in [-0.15, -0.1) is 0 Å². The number of nitrogens with one attached hydrogen (secondary N) is 1. The topological polar surface area (TPSA) is 32.3 Å². The minimum atomic E-state index is -0.446. The third-order valence-corrected chi connectivity index (χ3v) is 4.95. The van der Waals surface area contributed by atoms with Gasteiger partial charge in [0, 0.05) is 17.1 Å². The van der Waals surface area contributed by atoms with Crippen LogP contribution in [-0.4, -0.2) is 23.9 Å². The van der Waals surface area contributed by atoms with Gasteiger partial charge in [-0.2, -0.15) is 0 Å². The molecule has 0 spiro atoms. The van der Waals surface area contributed by atoms with E-state index in [0.717, 1.165) is 28.4 Å². The highest BCUT2D eigenvalue weighted by Gasteiger charge is 2.31. The molecule has 1 amide bonds. The number of halogens is 2. The van der Waals surface area contributed by atoms with E-state index in [1.165, 1.54) is 12.1 Å². The van der Waals surface area contributed by atoms with E-state index < -0.39 is 6.04 Å². The van der Waals surface area contributed by atoms with Gasteiger partial charge in [0.15, 0.2) is 0 Å². The van der Waals surface area contributed by atoms with Crippen molar-refractivity contribution in [2.45, 2.75) is 31.5 Å². The smallest absolute Gasteiger partial charge is 0.242 e. The first-order valence-electron chi connectivity index (χ1n) is 8.04. The van der Waals surface area contributed by atoms with Gasteiger partial charge in [0.05, 0.1) is 0 Å². The Morgan fingerprint density at radius 1 is 1.25 bits per heavy atom. The zero-order valence-electron chi connectivity index (χ0n) is 13.5. The summed E-state index contributed by atoms with van der Waals surface area (Å²) in [4.78, 5) is 14.7. The molecule has 0 aliphatic heterocycles. The zero-order valence-corrected chi connectivity index (χ0v) is 15.1. The Labute approximate surface area is 150 Å². The van der Waals surface area contributed by atoms with Gasteiger partial charge in [-0.25, -0.2) is 4.39 Å². The van der Waals surface area contributed by atoms with Gasteiger partial charge >= 0.3 is 0 Å². The normalized spacial score (nSPS) is 15.3. The van der Waals surface area contributed by atoms with Gasteiger partial charge in [0.2, 0.25) is 5.91 Å². The predicted octanol–water partition coefficient (Wildman–Crippen LogP) is 4.04. The van der Waals surface area contributed by atoms with Crippen LogP contribution in [0.5, 0.6) is 0 Å². The molecule has 2 aromatic rings. The number of nitrogens with zero attached hydrogens (tertiary/aromatic N) is 1. The summed E-state index contributed by atoms with van der Waals surface area (Å²) in [7, 11) is 1.92. The summed E-state index contributed by atoms with van der Waals surface area (Å²) in [6.45, 7) is 0.613. The van der Waals surface area contributed by atoms with E-state index in [0.29, 0.717) is 6.54 Å². The summed E-state index contributed by atoms with van der Waals surface area (Å²) < 4.78 is 14.3. The molecule has 3 nitrogen and oxygen atoms in total. The third kappa shape index (κ3) is 4.22. The van der Waals surface area contributed by atoms with Crippen molar-refractivity contribution in [2.75, 3.05) is 7.05 Å². The van der Waals surface area contributed by atoms with Crippen molar-refractivity contribution in [3.05, 3.63) is 69.9 Å². The van der Waals surface area contributed by atoms with Crippen LogP contribution in [0.15, 0.2) is 53.0 Å². The molecule has 1 aliphatic rings. The van der Waals surface area contributed by atoms with Crippen LogP contribution in [0.3, 0.4) is 0 Å². The molecule has 1 saturated carbocycles. The standard InChI is InChI=1S/C19H20BrFN2O/c1-23(12-14-4-2-3-5-17(14)20)18(19(24)22-16-10-11-16)13-6-8-15(21)9-7-13/h2-9,16,18H,10-12H2,1H3,(H,22,24)/t18-/m0/s1. The van der Waals surface area contributed by atoms with Crippen LogP contribution >= 0.6 is 15.9 Å². The fourth-order valence-corrected chi connectivity index (χ4v) is 3.16. The van der Waals surface area contributed by atoms with Crippen LogP contribution in [0.2, 0.25) is 0 Å². The van der Waals surface area contributed by atoms with Crippen molar-refractivity contribution < 1.29 is 9.18 Å². The molecule has 1 N–H and O–H groups in total. The molecule has 0 aromatic heterocycles. The molecule has 5 heteroatoms. The molecule has 0 radical (unpaired) electrons. The average Bonchev–Trinajstić information content (AvgIpc) is 3.36. The van der Waals surface area contributed by atoms with Gasteiger partial charge in [0.25, 0.3) is 0 Å². The van der Waals surface area contributed by atoms with Crippen LogP contribution in [0.25, 0.3) is 0 Å². The lowest BCUT2D eigenvalue weighted by Gasteiger charge is -2.28. The number of likely N-dealkylation sites (N-methyl/N-ethyl adjacent to an activating group) is 1. The number of hydrogen-bond acceptors (Lipinski definition) is 2. The SMILES string of the molecule is CN(Cc1ccccc1Br)[C@H](C(=O)NC1CC1)c1ccc(F)cc1. The quantitative estimate of drug-likeness (QED) is 0.806. The third-order valence-electron chi connectivity index (χ3n) is 4.18. The number of rotatable bonds is 6. The first-order chi connectivity index (χ1) is 11.5. The second-order valence-corrected chi connectivity index (χ2v) is 7.10. The molecule has 1 aliphatic carbocycles. The molecule has 0 bridgehead atoms. The largest absolute Gasteiger partial charge is 0.352 e. The second-order valence-electron chi connectivity index (χ2n) is 6.24. The lowest BCUT2D eigenvalue weighted by molar-refractivity contribution is -0.126. The Balaban J connectivity index is 1.83. The molecule has 24 heavy (non-hydrogen) atoms. The number of benzene rings is 2. The number of amides is 1. The fraction of sp³-hybridized carbons (Fsp3) is 0.316. The van der Waals surface area contributed by atoms with E-state index >= 15 is 0 Å². The maximum absolute atomic E-state index is 13.3. The Kier molecular flexibility index (Phi) is 5.31. The highest BCUT2D eigenvalue weighted by molar-refractivity contribution is 9.10. The Morgan fingerprint density at radius 2 is 1.92 bits per heavy atom. The lowest BCUT2D eigenvalue weighted by Crippen LogP contribution is -2.39. The van der Waals surface area contributed by atoms with Crippen LogP contribution in [0.4, 0.5) is 4.39 Å². The van der Waals surface area contributed by atoms with Crippen LogP contribution in [0.1, 0.15) is 30.0 Å². The number of hydrogen-bond donors (Lipinski definition) is 1. The molecule has 126 valence electrons. The molecule has 1 fully saturated rings. The highest BCUT2D eigenvalue weighted by atomic mass is 79.9. The molecule has 3 rings (SSSR count). The van der Waals surface area contributed by atoms with Crippen LogP contribution in [-0.2, 0) is 11.3 Å². The van der Waals surface area contributed by atoms with Crippen molar-refractivity contribution in [3.8, 4) is 0 Å². The molecule has 0 saturated heterocycles. The predicted molar refractivity (Wildman–Crippen MR) is 95.9 cm³/mol. The second kappa shape index (κ2) is 7.45. The molecular weight excluding hydrogens is 371 g/mol. The van der Waals surface area contributed by atoms with Gasteiger partial charge in [-0.1, -0.05) is 46.3 Å². The minimum Gasteiger partial charge on any atom is -0.352 e. The summed E-state index contributed by atoms with van der Waals surface area (Å²) >= 11 is 3.55. The lowest BCUT2D eigenvalue weighted by atomic mass is 10.0. The minimum absolute atomic E-state index is 0.0290. The molecule has 0 heterocycles. The Bertz CT molecular complexity index is 716. The number of carbonyl (C=O) groups is 1. The number of carbonyl (C=O) groups excluding carboxylic acids is 1. The molecule has 0 unspecified atom stereocenters. The summed E-state index contributed by atoms with van der Waals surface area (Å²) in [6, 6.07) is 14.0. The summed E-state index contributed by atoms with van der Waals surface area (Å²) in [5, 5.41) is 3.06. The first-order valence-corrected chi connectivity index (χ1v) is 8.83. The Hall–Kier alpha value is -1.72. The van der Waals surface area contributed by atoms with E-state index in [1.54, 1.807) is 12.1 Å². The summed E-state index contributed by atoms with van der Waals surface area (Å²) in [6.07, 6.45) is 2.08. The fourth-order valence-electron chi connectivity index (χ4n) is 2.75. The highest BCUT2D eigenvalue weighted by Crippen LogP contribution is 2.27. The maximum atomic E-state index is 13.3. The van der Waals surface area contributed by atoms with E-state index in [4.69, 9.17) is 0 Å². The summed E-state index contributed by atoms with van der Waals surface area (Å²) in [5.74, 6) is -0.327. The van der Waals surface area contributed by atoms with Crippen molar-refractivity contribution in [2.24, 2.45) is 0 Å². The average molecular weight is 391 g/mol. The zero-order chi connectivity index (χ0) is 17.1. The Morgan fingerprint density at radius 3 is 2.54 bits per heavy atom. The van der Waals surface area contributed by atoms with Crippen LogP contribution < -0.4 is 5.32 Å². The molecule has 2 aromatic carbocycles. The van der Waals surface area contributed by atoms with Gasteiger partial charge < -0.3 is 5.32 Å². The maximum Gasteiger partial charge on any atom is 0.242 e. The van der Waals surface area contributed by atoms with Crippen LogP contribution in [0, 0.1) is 5.82 Å². The summed E-state index contributed by atoms with van der Waals surface area (Å²) in [5.41, 5.74) is 1.90. The van der Waals surface area contributed by atoms with Gasteiger partial charge in [-0.05, 0) is 49.2 Å².